The van der Waals surface area contributed by atoms with Crippen LogP contribution in [0.3, 0.4) is 0 Å². The van der Waals surface area contributed by atoms with Gasteiger partial charge in [0.05, 0.1) is 4.99 Å². The first kappa shape index (κ1) is 18.0. The van der Waals surface area contributed by atoms with Gasteiger partial charge in [-0.2, -0.15) is 0 Å². The van der Waals surface area contributed by atoms with Gasteiger partial charge in [-0.05, 0) is 38.0 Å². The quantitative estimate of drug-likeness (QED) is 0.793. The molecule has 0 bridgehead atoms. The number of benzene rings is 1. The van der Waals surface area contributed by atoms with E-state index in [4.69, 9.17) is 18.0 Å². The highest BCUT2D eigenvalue weighted by atomic mass is 35.5. The fraction of sp³-hybridized carbons (Fsp3) is 0.429. The average Bonchev–Trinajstić information content (AvgIpc) is 2.28. The van der Waals surface area contributed by atoms with Crippen molar-refractivity contribution in [1.29, 1.82) is 0 Å². The molecule has 0 aromatic heterocycles. The number of hydrogen-bond acceptors (Lipinski definition) is 3. The number of hydrogen-bond donors (Lipinski definition) is 2. The summed E-state index contributed by atoms with van der Waals surface area (Å²) in [5, 5.41) is 3.13. The third-order valence-electron chi connectivity index (χ3n) is 2.50. The van der Waals surface area contributed by atoms with Crippen molar-refractivity contribution < 1.29 is 4.79 Å². The average molecular weight is 301 g/mol. The van der Waals surface area contributed by atoms with E-state index in [0.717, 1.165) is 12.1 Å². The number of anilines is 1. The van der Waals surface area contributed by atoms with E-state index >= 15 is 0 Å². The Hall–Kier alpha value is -0.970. The summed E-state index contributed by atoms with van der Waals surface area (Å²) >= 11 is 5.17. The number of carbonyl (C=O) groups is 1. The molecule has 1 aromatic rings. The van der Waals surface area contributed by atoms with E-state index in [2.05, 4.69) is 5.32 Å². The maximum absolute atomic E-state index is 10.8. The predicted molar refractivity (Wildman–Crippen MR) is 87.2 cm³/mol. The fourth-order valence-corrected chi connectivity index (χ4v) is 1.83. The molecular formula is C14H21ClN2OS. The van der Waals surface area contributed by atoms with Gasteiger partial charge in [0.1, 0.15) is 5.78 Å². The number of thiocarbonyl (C=S) groups is 1. The van der Waals surface area contributed by atoms with Crippen molar-refractivity contribution >= 4 is 41.1 Å². The number of halogens is 1. The van der Waals surface area contributed by atoms with Crippen LogP contribution in [0.15, 0.2) is 24.3 Å². The molecule has 0 heterocycles. The van der Waals surface area contributed by atoms with E-state index in [-0.39, 0.29) is 24.2 Å². The molecule has 3 N–H and O–H groups in total. The van der Waals surface area contributed by atoms with Crippen LogP contribution in [0.25, 0.3) is 0 Å². The van der Waals surface area contributed by atoms with Crippen LogP contribution < -0.4 is 11.1 Å². The molecule has 19 heavy (non-hydrogen) atoms. The number of ketones is 1. The summed E-state index contributed by atoms with van der Waals surface area (Å²) < 4.78 is 0. The first-order valence-corrected chi connectivity index (χ1v) is 6.52. The first-order valence-electron chi connectivity index (χ1n) is 6.11. The fourth-order valence-electron chi connectivity index (χ4n) is 1.61. The van der Waals surface area contributed by atoms with Gasteiger partial charge in [-0.1, -0.05) is 24.4 Å². The highest BCUT2D eigenvalue weighted by molar-refractivity contribution is 7.80. The summed E-state index contributed by atoms with van der Waals surface area (Å²) in [5.74, 6) is 0.159. The second kappa shape index (κ2) is 9.02. The van der Waals surface area contributed by atoms with Gasteiger partial charge in [-0.15, -0.1) is 12.4 Å². The van der Waals surface area contributed by atoms with Crippen LogP contribution in [0, 0.1) is 0 Å². The lowest BCUT2D eigenvalue weighted by atomic mass is 10.1. The normalized spacial score (nSPS) is 11.3. The van der Waals surface area contributed by atoms with E-state index < -0.39 is 0 Å². The van der Waals surface area contributed by atoms with E-state index in [9.17, 15) is 4.79 Å². The lowest BCUT2D eigenvalue weighted by Crippen LogP contribution is -2.17. The molecule has 1 rings (SSSR count). The third-order valence-corrected chi connectivity index (χ3v) is 2.81. The zero-order chi connectivity index (χ0) is 13.5. The molecule has 106 valence electrons. The third kappa shape index (κ3) is 7.93. The van der Waals surface area contributed by atoms with Crippen molar-refractivity contribution in [1.82, 2.24) is 0 Å². The minimum Gasteiger partial charge on any atom is -0.350 e. The van der Waals surface area contributed by atoms with Crippen LogP contribution in [0.2, 0.25) is 0 Å². The lowest BCUT2D eigenvalue weighted by Gasteiger charge is -2.09. The number of nitrogens with two attached hydrogens (primary N) is 1. The monoisotopic (exact) mass is 300 g/mol. The van der Waals surface area contributed by atoms with Crippen LogP contribution >= 0.6 is 24.6 Å². The molecule has 1 aromatic carbocycles. The molecule has 0 fully saturated rings. The first-order chi connectivity index (χ1) is 8.47. The van der Waals surface area contributed by atoms with Crippen molar-refractivity contribution in [2.45, 2.75) is 39.2 Å². The topological polar surface area (TPSA) is 55.1 Å². The second-order valence-corrected chi connectivity index (χ2v) is 5.12. The van der Waals surface area contributed by atoms with Gasteiger partial charge in [-0.25, -0.2) is 0 Å². The molecule has 1 unspecified atom stereocenters. The van der Waals surface area contributed by atoms with Crippen molar-refractivity contribution in [3.05, 3.63) is 29.8 Å². The molecule has 3 nitrogen and oxygen atoms in total. The van der Waals surface area contributed by atoms with Crippen LogP contribution in [-0.2, 0) is 11.2 Å². The van der Waals surface area contributed by atoms with E-state index in [1.807, 2.05) is 31.2 Å². The van der Waals surface area contributed by atoms with Crippen molar-refractivity contribution in [2.24, 2.45) is 5.73 Å². The van der Waals surface area contributed by atoms with Crippen LogP contribution in [0.5, 0.6) is 0 Å². The molecule has 1 atom stereocenters. The minimum atomic E-state index is 0. The molecule has 0 aliphatic carbocycles. The van der Waals surface area contributed by atoms with Gasteiger partial charge >= 0.3 is 0 Å². The molecule has 0 saturated carbocycles. The molecule has 0 radical (unpaired) electrons. The van der Waals surface area contributed by atoms with Crippen molar-refractivity contribution in [2.75, 3.05) is 5.32 Å². The zero-order valence-electron chi connectivity index (χ0n) is 11.3. The number of carbonyl (C=O) groups excluding carboxylic acids is 1. The van der Waals surface area contributed by atoms with Gasteiger partial charge in [0.2, 0.25) is 0 Å². The molecule has 0 saturated heterocycles. The van der Waals surface area contributed by atoms with Gasteiger partial charge in [-0.3, -0.25) is 0 Å². The summed E-state index contributed by atoms with van der Waals surface area (Å²) in [5.41, 5.74) is 7.91. The van der Waals surface area contributed by atoms with Gasteiger partial charge in [0.25, 0.3) is 0 Å². The summed E-state index contributed by atoms with van der Waals surface area (Å²) in [6.45, 7) is 3.56. The Morgan fingerprint density at radius 3 is 2.37 bits per heavy atom. The minimum absolute atomic E-state index is 0. The Bertz CT molecular complexity index is 418. The molecule has 0 aliphatic rings. The smallest absolute Gasteiger partial charge is 0.130 e. The van der Waals surface area contributed by atoms with E-state index in [1.165, 1.54) is 5.56 Å². The summed E-state index contributed by atoms with van der Waals surface area (Å²) in [7, 11) is 0. The summed E-state index contributed by atoms with van der Waals surface area (Å²) in [6, 6.07) is 8.22. The predicted octanol–water partition coefficient (Wildman–Crippen LogP) is 3.11. The molecule has 0 amide bonds. The van der Waals surface area contributed by atoms with E-state index in [1.54, 1.807) is 6.92 Å². The Balaban J connectivity index is 0.00000324. The lowest BCUT2D eigenvalue weighted by molar-refractivity contribution is -0.116. The zero-order valence-corrected chi connectivity index (χ0v) is 12.9. The van der Waals surface area contributed by atoms with Crippen LogP contribution in [0.1, 0.15) is 32.3 Å². The van der Waals surface area contributed by atoms with Crippen LogP contribution in [-0.4, -0.2) is 16.8 Å². The SMILES string of the molecule is CC(=O)CCC(=S)Nc1ccc(CC(C)N)cc1.Cl. The molecular weight excluding hydrogens is 280 g/mol. The highest BCUT2D eigenvalue weighted by Gasteiger charge is 2.02. The molecule has 0 spiro atoms. The van der Waals surface area contributed by atoms with Crippen molar-refractivity contribution in [3.63, 3.8) is 0 Å². The number of nitrogens with one attached hydrogen (secondary N) is 1. The largest absolute Gasteiger partial charge is 0.350 e. The Morgan fingerprint density at radius 1 is 1.32 bits per heavy atom. The summed E-state index contributed by atoms with van der Waals surface area (Å²) in [6.07, 6.45) is 1.97. The van der Waals surface area contributed by atoms with Crippen LogP contribution in [0.4, 0.5) is 5.69 Å². The summed E-state index contributed by atoms with van der Waals surface area (Å²) in [4.78, 5) is 11.5. The number of rotatable bonds is 6. The maximum Gasteiger partial charge on any atom is 0.130 e. The standard InChI is InChI=1S/C14H20N2OS.ClH/c1-10(15)9-12-4-6-13(7-5-12)16-14(18)8-3-11(2)17;/h4-7,10H,3,8-9,15H2,1-2H3,(H,16,18);1H. The molecule has 0 aliphatic heterocycles. The van der Waals surface area contributed by atoms with Gasteiger partial charge in [0.15, 0.2) is 0 Å². The van der Waals surface area contributed by atoms with Gasteiger partial charge in [0, 0.05) is 24.6 Å². The van der Waals surface area contributed by atoms with Crippen molar-refractivity contribution in [3.8, 4) is 0 Å². The maximum atomic E-state index is 10.8. The Kier molecular flexibility index (Phi) is 8.56. The second-order valence-electron chi connectivity index (χ2n) is 4.63. The number of Topliss-reactive ketones (excluding diaryl/α,β-unsaturated/α-hetero) is 1. The van der Waals surface area contributed by atoms with E-state index in [0.29, 0.717) is 17.8 Å². The Labute approximate surface area is 126 Å². The highest BCUT2D eigenvalue weighted by Crippen LogP contribution is 2.12. The molecule has 5 heteroatoms. The van der Waals surface area contributed by atoms with Gasteiger partial charge < -0.3 is 15.8 Å². The Morgan fingerprint density at radius 2 is 1.89 bits per heavy atom.